The van der Waals surface area contributed by atoms with Crippen LogP contribution in [0, 0.1) is 23.7 Å². The first-order chi connectivity index (χ1) is 20.7. The predicted molar refractivity (Wildman–Crippen MR) is 166 cm³/mol. The molecule has 2 aromatic carbocycles. The van der Waals surface area contributed by atoms with Crippen molar-refractivity contribution in [3.05, 3.63) is 77.3 Å². The molecule has 2 bridgehead atoms. The van der Waals surface area contributed by atoms with Crippen molar-refractivity contribution in [2.45, 2.75) is 63.4 Å². The van der Waals surface area contributed by atoms with Crippen LogP contribution in [0.4, 0.5) is 5.69 Å². The van der Waals surface area contributed by atoms with Gasteiger partial charge in [0.05, 0.1) is 17.9 Å². The van der Waals surface area contributed by atoms with E-state index in [1.54, 1.807) is 29.2 Å². The van der Waals surface area contributed by atoms with Crippen LogP contribution in [-0.4, -0.2) is 71.4 Å². The van der Waals surface area contributed by atoms with Gasteiger partial charge < -0.3 is 25.2 Å². The molecule has 3 aliphatic heterocycles. The number of carbonyl (C=O) groups is 3. The number of fused-ring (bicyclic) bond motifs is 1. The third-order valence-electron chi connectivity index (χ3n) is 10.1. The predicted octanol–water partition coefficient (Wildman–Crippen LogP) is 4.50. The van der Waals surface area contributed by atoms with Crippen LogP contribution < -0.4 is 10.6 Å². The molecule has 43 heavy (non-hydrogen) atoms. The normalized spacial score (nSPS) is 32.7. The van der Waals surface area contributed by atoms with Crippen molar-refractivity contribution >= 4 is 35.0 Å². The third-order valence-corrected chi connectivity index (χ3v) is 10.3. The summed E-state index contributed by atoms with van der Waals surface area (Å²) >= 11 is 6.15. The van der Waals surface area contributed by atoms with E-state index in [4.69, 9.17) is 16.3 Å². The van der Waals surface area contributed by atoms with Crippen molar-refractivity contribution in [2.75, 3.05) is 25.5 Å². The number of ether oxygens (including phenoxy) is 1. The quantitative estimate of drug-likeness (QED) is 0.411. The van der Waals surface area contributed by atoms with E-state index in [1.807, 2.05) is 37.4 Å². The number of likely N-dealkylation sites (tertiary alicyclic amines) is 1. The molecule has 0 aromatic heterocycles. The van der Waals surface area contributed by atoms with Crippen LogP contribution in [0.2, 0.25) is 5.02 Å². The Morgan fingerprint density at radius 2 is 1.88 bits per heavy atom. The fraction of sp³-hybridized carbons (Fsp3) is 0.500. The summed E-state index contributed by atoms with van der Waals surface area (Å²) in [6, 6.07) is 16.3. The van der Waals surface area contributed by atoms with Crippen molar-refractivity contribution in [3.8, 4) is 0 Å². The van der Waals surface area contributed by atoms with E-state index in [1.165, 1.54) is 5.56 Å². The van der Waals surface area contributed by atoms with E-state index in [0.29, 0.717) is 35.6 Å². The van der Waals surface area contributed by atoms with E-state index < -0.39 is 29.6 Å². The minimum absolute atomic E-state index is 0.0360. The van der Waals surface area contributed by atoms with Gasteiger partial charge >= 0.3 is 0 Å². The molecule has 3 heterocycles. The van der Waals surface area contributed by atoms with Gasteiger partial charge in [0.15, 0.2) is 0 Å². The highest BCUT2D eigenvalue weighted by Crippen LogP contribution is 2.55. The molecule has 2 aromatic rings. The highest BCUT2D eigenvalue weighted by atomic mass is 35.5. The number of carbonyl (C=O) groups excluding carboxylic acids is 3. The zero-order valence-corrected chi connectivity index (χ0v) is 25.8. The number of nitrogens with zero attached hydrogens (tertiary/aromatic N) is 2. The molecule has 8 nitrogen and oxygen atoms in total. The highest BCUT2D eigenvalue weighted by molar-refractivity contribution is 6.30. The number of nitrogens with one attached hydrogen (secondary N) is 2. The second kappa shape index (κ2) is 12.1. The molecule has 2 saturated heterocycles. The van der Waals surface area contributed by atoms with Gasteiger partial charge in [0.2, 0.25) is 17.7 Å². The molecule has 228 valence electrons. The van der Waals surface area contributed by atoms with E-state index in [-0.39, 0.29) is 23.8 Å². The summed E-state index contributed by atoms with van der Waals surface area (Å²) in [6.45, 7) is 6.06. The number of hydrogen-bond donors (Lipinski definition) is 2. The van der Waals surface area contributed by atoms with Gasteiger partial charge in [-0.2, -0.15) is 0 Å². The maximum absolute atomic E-state index is 14.3. The lowest BCUT2D eigenvalue weighted by molar-refractivity contribution is -0.141. The first-order valence-electron chi connectivity index (χ1n) is 15.4. The topological polar surface area (TPSA) is 91.0 Å². The number of hydrogen-bond acceptors (Lipinski definition) is 5. The smallest absolute Gasteiger partial charge is 0.246 e. The van der Waals surface area contributed by atoms with Crippen molar-refractivity contribution < 1.29 is 19.1 Å². The van der Waals surface area contributed by atoms with Crippen LogP contribution >= 0.6 is 11.6 Å². The van der Waals surface area contributed by atoms with Crippen LogP contribution in [0.5, 0.6) is 0 Å². The van der Waals surface area contributed by atoms with E-state index in [0.717, 1.165) is 25.8 Å². The summed E-state index contributed by atoms with van der Waals surface area (Å²) in [4.78, 5) is 46.1. The van der Waals surface area contributed by atoms with E-state index in [9.17, 15) is 14.4 Å². The van der Waals surface area contributed by atoms with Gasteiger partial charge in [0, 0.05) is 36.4 Å². The Hall–Kier alpha value is -3.20. The summed E-state index contributed by atoms with van der Waals surface area (Å²) in [7, 11) is 2.01. The number of benzene rings is 2. The molecule has 1 aliphatic carbocycles. The van der Waals surface area contributed by atoms with E-state index in [2.05, 4.69) is 41.5 Å². The van der Waals surface area contributed by atoms with Crippen molar-refractivity contribution in [1.82, 2.24) is 15.1 Å². The fourth-order valence-corrected chi connectivity index (χ4v) is 7.79. The highest BCUT2D eigenvalue weighted by Gasteiger charge is 2.72. The molecular formula is C34H41ClN4O4. The largest absolute Gasteiger partial charge is 0.359 e. The Morgan fingerprint density at radius 3 is 2.65 bits per heavy atom. The molecule has 2 N–H and O–H groups in total. The van der Waals surface area contributed by atoms with Crippen LogP contribution in [-0.2, 0) is 25.7 Å². The summed E-state index contributed by atoms with van der Waals surface area (Å²) in [5, 5.41) is 6.76. The molecule has 8 atom stereocenters. The molecule has 1 saturated carbocycles. The number of rotatable bonds is 9. The Labute approximate surface area is 258 Å². The molecule has 0 unspecified atom stereocenters. The van der Waals surface area contributed by atoms with Crippen LogP contribution in [0.1, 0.15) is 38.7 Å². The Kier molecular flexibility index (Phi) is 8.37. The summed E-state index contributed by atoms with van der Waals surface area (Å²) in [5.41, 5.74) is 0.535. The van der Waals surface area contributed by atoms with Gasteiger partial charge in [-0.1, -0.05) is 86.8 Å². The molecular weight excluding hydrogens is 564 g/mol. The van der Waals surface area contributed by atoms with Gasteiger partial charge in [-0.15, -0.1) is 0 Å². The van der Waals surface area contributed by atoms with Crippen LogP contribution in [0.3, 0.4) is 0 Å². The van der Waals surface area contributed by atoms with Gasteiger partial charge in [-0.05, 0) is 49.1 Å². The summed E-state index contributed by atoms with van der Waals surface area (Å²) < 4.78 is 6.52. The number of halogens is 1. The molecule has 3 amide bonds. The minimum Gasteiger partial charge on any atom is -0.359 e. The lowest BCUT2D eigenvalue weighted by atomic mass is 9.73. The average molecular weight is 605 g/mol. The number of likely N-dealkylation sites (N-methyl/N-ethyl adjacent to an activating group) is 1. The minimum atomic E-state index is -1.19. The molecule has 9 heteroatoms. The standard InChI is InChI=1S/C34H41ClN4O4/c1-21-9-7-14-26(22(21)2)37-32(41)30-34-16-15-27(43-34)28(31(40)36-25-13-8-12-24(35)19-25)29(34)33(42)39(30)18-17-38(3)20-23-10-5-4-6-11-23/h4-6,8,10-13,15-16,19,21-22,26-30H,7,9,14,17-18,20H2,1-3H3,(H,36,40)(H,37,41)/t21-,22-,26+,27-,28-,29-,30+,34+/m1/s1. The number of amides is 3. The maximum Gasteiger partial charge on any atom is 0.246 e. The van der Waals surface area contributed by atoms with Crippen molar-refractivity contribution in [3.63, 3.8) is 0 Å². The lowest BCUT2D eigenvalue weighted by Crippen LogP contribution is -2.58. The van der Waals surface area contributed by atoms with Gasteiger partial charge in [-0.3, -0.25) is 14.4 Å². The average Bonchev–Trinajstić information content (AvgIpc) is 3.62. The maximum atomic E-state index is 14.3. The third kappa shape index (κ3) is 5.61. The molecule has 0 radical (unpaired) electrons. The molecule has 3 fully saturated rings. The summed E-state index contributed by atoms with van der Waals surface area (Å²) in [6.07, 6.45) is 6.26. The Balaban J connectivity index is 1.26. The monoisotopic (exact) mass is 604 g/mol. The fourth-order valence-electron chi connectivity index (χ4n) is 7.60. The van der Waals surface area contributed by atoms with E-state index >= 15 is 0 Å². The zero-order chi connectivity index (χ0) is 30.3. The Morgan fingerprint density at radius 1 is 1.09 bits per heavy atom. The number of anilines is 1. The molecule has 1 spiro atoms. The zero-order valence-electron chi connectivity index (χ0n) is 25.0. The Bertz CT molecular complexity index is 1400. The first-order valence-corrected chi connectivity index (χ1v) is 15.8. The van der Waals surface area contributed by atoms with Crippen LogP contribution in [0.15, 0.2) is 66.7 Å². The summed E-state index contributed by atoms with van der Waals surface area (Å²) in [5.74, 6) is -1.43. The van der Waals surface area contributed by atoms with Crippen LogP contribution in [0.25, 0.3) is 0 Å². The second-order valence-corrected chi connectivity index (χ2v) is 13.3. The molecule has 6 rings (SSSR count). The second-order valence-electron chi connectivity index (χ2n) is 12.8. The SMILES string of the molecule is C[C@@H]1[C@H](C)CCC[C@@H]1NC(=O)[C@@H]1N(CCN(C)Cc2ccccc2)C(=O)[C@H]2[C@H](C(=O)Nc3cccc(Cl)c3)[C@H]3C=C[C@@]12O3. The molecule has 4 aliphatic rings. The van der Waals surface area contributed by atoms with Crippen molar-refractivity contribution in [1.29, 1.82) is 0 Å². The van der Waals surface area contributed by atoms with Gasteiger partial charge in [0.1, 0.15) is 11.6 Å². The van der Waals surface area contributed by atoms with Gasteiger partial charge in [0.25, 0.3) is 0 Å². The lowest BCUT2D eigenvalue weighted by Gasteiger charge is -2.38. The first kappa shape index (κ1) is 29.9. The van der Waals surface area contributed by atoms with Crippen molar-refractivity contribution in [2.24, 2.45) is 23.7 Å². The van der Waals surface area contributed by atoms with Gasteiger partial charge in [-0.25, -0.2) is 0 Å².